The van der Waals surface area contributed by atoms with E-state index in [0.29, 0.717) is 32.7 Å². The van der Waals surface area contributed by atoms with E-state index >= 15 is 0 Å². The summed E-state index contributed by atoms with van der Waals surface area (Å²) in [4.78, 5) is 5.66. The van der Waals surface area contributed by atoms with Crippen LogP contribution in [0.4, 0.5) is 0 Å². The molecule has 0 spiro atoms. The van der Waals surface area contributed by atoms with Crippen LogP contribution in [0.2, 0.25) is 0 Å². The number of ether oxygens (including phenoxy) is 2. The highest BCUT2D eigenvalue weighted by molar-refractivity contribution is 4.99. The lowest BCUT2D eigenvalue weighted by atomic mass is 9.99. The van der Waals surface area contributed by atoms with Gasteiger partial charge in [0.05, 0.1) is 19.8 Å². The fraction of sp³-hybridized carbons (Fsp3) is 1.00. The Morgan fingerprint density at radius 1 is 1.35 bits per heavy atom. The number of hydrogen-bond acceptors (Lipinski definition) is 8. The highest BCUT2D eigenvalue weighted by Gasteiger charge is 2.58. The standard InChI is InChI=1S/C12H23NO7/c1-2-9(20-13-3-5-18-6-4-13)12(17)11(16)10(15)8(7-14)19-12/h8-11,14-17H,2-7H2,1H3/t8-,9?,10+,11-,12+/m0/s1. The minimum Gasteiger partial charge on any atom is -0.394 e. The Morgan fingerprint density at radius 2 is 2.00 bits per heavy atom. The first kappa shape index (κ1) is 16.1. The zero-order valence-corrected chi connectivity index (χ0v) is 11.5. The molecule has 8 nitrogen and oxygen atoms in total. The summed E-state index contributed by atoms with van der Waals surface area (Å²) in [5.41, 5.74) is 0. The maximum atomic E-state index is 10.5. The van der Waals surface area contributed by atoms with E-state index < -0.39 is 36.8 Å². The molecule has 0 saturated carbocycles. The summed E-state index contributed by atoms with van der Waals surface area (Å²) in [7, 11) is 0. The Balaban J connectivity index is 2.05. The van der Waals surface area contributed by atoms with Crippen molar-refractivity contribution in [1.82, 2.24) is 5.06 Å². The fourth-order valence-corrected chi connectivity index (χ4v) is 2.52. The van der Waals surface area contributed by atoms with E-state index in [2.05, 4.69) is 0 Å². The molecule has 0 amide bonds. The summed E-state index contributed by atoms with van der Waals surface area (Å²) >= 11 is 0. The number of hydrogen-bond donors (Lipinski definition) is 4. The molecule has 2 saturated heterocycles. The number of rotatable bonds is 5. The Labute approximate surface area is 117 Å². The topological polar surface area (TPSA) is 112 Å². The van der Waals surface area contributed by atoms with Crippen molar-refractivity contribution in [3.05, 3.63) is 0 Å². The molecule has 0 aromatic rings. The Bertz CT molecular complexity index is 312. The van der Waals surface area contributed by atoms with Gasteiger partial charge in [0.25, 0.3) is 0 Å². The summed E-state index contributed by atoms with van der Waals surface area (Å²) in [5, 5.41) is 41.0. The average Bonchev–Trinajstić information content (AvgIpc) is 2.70. The number of nitrogens with zero attached hydrogens (tertiary/aromatic N) is 1. The van der Waals surface area contributed by atoms with Crippen LogP contribution in [0.1, 0.15) is 13.3 Å². The van der Waals surface area contributed by atoms with Crippen LogP contribution in [0.25, 0.3) is 0 Å². The molecular weight excluding hydrogens is 270 g/mol. The third-order valence-corrected chi connectivity index (χ3v) is 3.73. The van der Waals surface area contributed by atoms with Gasteiger partial charge in [-0.3, -0.25) is 4.84 Å². The van der Waals surface area contributed by atoms with Gasteiger partial charge in [0.15, 0.2) is 0 Å². The maximum absolute atomic E-state index is 10.5. The summed E-state index contributed by atoms with van der Waals surface area (Å²) in [6.07, 6.45) is -4.40. The van der Waals surface area contributed by atoms with Crippen molar-refractivity contribution in [2.24, 2.45) is 0 Å². The smallest absolute Gasteiger partial charge is 0.224 e. The lowest BCUT2D eigenvalue weighted by molar-refractivity contribution is -0.341. The molecule has 0 aromatic heterocycles. The number of hydroxylamine groups is 2. The van der Waals surface area contributed by atoms with Gasteiger partial charge in [-0.05, 0) is 6.42 Å². The van der Waals surface area contributed by atoms with Crippen molar-refractivity contribution in [3.63, 3.8) is 0 Å². The van der Waals surface area contributed by atoms with Crippen LogP contribution >= 0.6 is 0 Å². The van der Waals surface area contributed by atoms with E-state index in [4.69, 9.17) is 19.4 Å². The van der Waals surface area contributed by atoms with E-state index in [9.17, 15) is 15.3 Å². The predicted molar refractivity (Wildman–Crippen MR) is 66.5 cm³/mol. The van der Waals surface area contributed by atoms with Crippen molar-refractivity contribution in [3.8, 4) is 0 Å². The molecule has 0 radical (unpaired) electrons. The average molecular weight is 293 g/mol. The lowest BCUT2D eigenvalue weighted by Gasteiger charge is -2.37. The first-order valence-electron chi connectivity index (χ1n) is 6.89. The zero-order chi connectivity index (χ0) is 14.8. The molecular formula is C12H23NO7. The van der Waals surface area contributed by atoms with E-state index in [0.717, 1.165) is 0 Å². The summed E-state index contributed by atoms with van der Waals surface area (Å²) in [6, 6.07) is 0. The molecule has 2 rings (SSSR count). The predicted octanol–water partition coefficient (Wildman–Crippen LogP) is -2.17. The van der Waals surface area contributed by atoms with Gasteiger partial charge in [-0.2, -0.15) is 5.06 Å². The summed E-state index contributed by atoms with van der Waals surface area (Å²) in [5.74, 6) is -2.04. The Morgan fingerprint density at radius 3 is 2.50 bits per heavy atom. The van der Waals surface area contributed by atoms with Crippen LogP contribution in [-0.4, -0.2) is 88.6 Å². The molecule has 2 aliphatic heterocycles. The van der Waals surface area contributed by atoms with Gasteiger partial charge in [-0.25, -0.2) is 0 Å². The molecule has 2 fully saturated rings. The number of aliphatic hydroxyl groups is 4. The van der Waals surface area contributed by atoms with Crippen LogP contribution in [0.15, 0.2) is 0 Å². The first-order chi connectivity index (χ1) is 9.52. The molecule has 8 heteroatoms. The van der Waals surface area contributed by atoms with Gasteiger partial charge in [0.1, 0.15) is 24.4 Å². The quantitative estimate of drug-likeness (QED) is 0.453. The van der Waals surface area contributed by atoms with E-state index in [1.165, 1.54) is 0 Å². The first-order valence-corrected chi connectivity index (χ1v) is 6.89. The number of aliphatic hydroxyl groups excluding tert-OH is 3. The summed E-state index contributed by atoms with van der Waals surface area (Å²) < 4.78 is 10.4. The largest absolute Gasteiger partial charge is 0.394 e. The van der Waals surface area contributed by atoms with E-state index in [-0.39, 0.29) is 0 Å². The third-order valence-electron chi connectivity index (χ3n) is 3.73. The fourth-order valence-electron chi connectivity index (χ4n) is 2.52. The van der Waals surface area contributed by atoms with Gasteiger partial charge < -0.3 is 29.9 Å². The van der Waals surface area contributed by atoms with Crippen molar-refractivity contribution in [2.75, 3.05) is 32.9 Å². The van der Waals surface area contributed by atoms with Crippen molar-refractivity contribution >= 4 is 0 Å². The van der Waals surface area contributed by atoms with Gasteiger partial charge in [0.2, 0.25) is 5.79 Å². The summed E-state index contributed by atoms with van der Waals surface area (Å²) in [6.45, 7) is 3.44. The molecule has 0 bridgehead atoms. The lowest BCUT2D eigenvalue weighted by Crippen LogP contribution is -2.55. The highest BCUT2D eigenvalue weighted by atomic mass is 16.7. The van der Waals surface area contributed by atoms with Gasteiger partial charge >= 0.3 is 0 Å². The maximum Gasteiger partial charge on any atom is 0.224 e. The van der Waals surface area contributed by atoms with E-state index in [1.807, 2.05) is 0 Å². The molecule has 0 aromatic carbocycles. The van der Waals surface area contributed by atoms with Crippen LogP contribution in [-0.2, 0) is 14.3 Å². The molecule has 2 heterocycles. The molecule has 1 unspecified atom stereocenters. The van der Waals surface area contributed by atoms with E-state index in [1.54, 1.807) is 12.0 Å². The number of morpholine rings is 1. The van der Waals surface area contributed by atoms with Crippen LogP contribution in [0.3, 0.4) is 0 Å². The van der Waals surface area contributed by atoms with Gasteiger partial charge in [0, 0.05) is 13.1 Å². The van der Waals surface area contributed by atoms with Crippen molar-refractivity contribution < 1.29 is 34.7 Å². The Kier molecular flexibility index (Phi) is 5.32. The molecule has 5 atom stereocenters. The molecule has 118 valence electrons. The zero-order valence-electron chi connectivity index (χ0n) is 11.5. The second-order valence-corrected chi connectivity index (χ2v) is 5.07. The second kappa shape index (κ2) is 6.63. The van der Waals surface area contributed by atoms with Crippen LogP contribution in [0.5, 0.6) is 0 Å². The third kappa shape index (κ3) is 2.97. The molecule has 20 heavy (non-hydrogen) atoms. The monoisotopic (exact) mass is 293 g/mol. The van der Waals surface area contributed by atoms with Crippen LogP contribution < -0.4 is 0 Å². The highest BCUT2D eigenvalue weighted by Crippen LogP contribution is 2.35. The molecule has 4 N–H and O–H groups in total. The van der Waals surface area contributed by atoms with Gasteiger partial charge in [-0.1, -0.05) is 6.92 Å². The van der Waals surface area contributed by atoms with Crippen molar-refractivity contribution in [1.29, 1.82) is 0 Å². The Hall–Kier alpha value is -0.320. The van der Waals surface area contributed by atoms with Gasteiger partial charge in [-0.15, -0.1) is 0 Å². The minimum absolute atomic E-state index is 0.371. The molecule has 0 aliphatic carbocycles. The SMILES string of the molecule is CCC(ON1CCOCC1)[C@@]1(O)O[C@@H](CO)[C@@H](O)[C@@H]1O. The second-order valence-electron chi connectivity index (χ2n) is 5.07. The molecule has 2 aliphatic rings. The minimum atomic E-state index is -2.04. The normalized spacial score (nSPS) is 41.0. The van der Waals surface area contributed by atoms with Crippen LogP contribution in [0, 0.1) is 0 Å². The van der Waals surface area contributed by atoms with Crippen molar-refractivity contribution in [2.45, 2.75) is 43.5 Å².